The molecule has 0 atom stereocenters. The molecule has 1 amide bonds. The van der Waals surface area contributed by atoms with Crippen molar-refractivity contribution in [3.05, 3.63) is 30.2 Å². The number of carbonyl (C=O) groups excluding carboxylic acids is 1. The largest absolute Gasteiger partial charge is 0.463 e. The molecule has 24 heavy (non-hydrogen) atoms. The van der Waals surface area contributed by atoms with Gasteiger partial charge in [0.2, 0.25) is 5.91 Å². The zero-order valence-electron chi connectivity index (χ0n) is 12.9. The molecule has 0 unspecified atom stereocenters. The molecule has 0 fully saturated rings. The van der Waals surface area contributed by atoms with Crippen molar-refractivity contribution in [1.29, 1.82) is 0 Å². The summed E-state index contributed by atoms with van der Waals surface area (Å²) < 4.78 is 44.1. The highest BCUT2D eigenvalue weighted by atomic mass is 32.2. The van der Waals surface area contributed by atoms with Crippen LogP contribution < -0.4 is 5.32 Å². The van der Waals surface area contributed by atoms with E-state index < -0.39 is 11.9 Å². The Morgan fingerprint density at radius 1 is 1.38 bits per heavy atom. The van der Waals surface area contributed by atoms with Crippen LogP contribution in [0.5, 0.6) is 0 Å². The number of aromatic nitrogens is 2. The maximum absolute atomic E-state index is 13.0. The van der Waals surface area contributed by atoms with Crippen LogP contribution in [-0.4, -0.2) is 28.2 Å². The van der Waals surface area contributed by atoms with Crippen molar-refractivity contribution >= 4 is 17.7 Å². The Hall–Kier alpha value is -2.03. The predicted molar refractivity (Wildman–Crippen MR) is 83.4 cm³/mol. The maximum Gasteiger partial charge on any atom is 0.433 e. The number of nitrogens with one attached hydrogen (secondary N) is 1. The van der Waals surface area contributed by atoms with Crippen molar-refractivity contribution in [2.24, 2.45) is 0 Å². The Bertz CT molecular complexity index is 675. The summed E-state index contributed by atoms with van der Waals surface area (Å²) in [5, 5.41) is 2.66. The van der Waals surface area contributed by atoms with E-state index in [0.717, 1.165) is 24.2 Å². The molecule has 1 N–H and O–H groups in total. The molecule has 0 aromatic carbocycles. The third-order valence-corrected chi connectivity index (χ3v) is 3.75. The van der Waals surface area contributed by atoms with Crippen molar-refractivity contribution in [1.82, 2.24) is 15.3 Å². The molecular weight excluding hydrogens is 343 g/mol. The predicted octanol–water partition coefficient (Wildman–Crippen LogP) is 3.76. The first-order valence-electron chi connectivity index (χ1n) is 7.30. The number of amides is 1. The van der Waals surface area contributed by atoms with E-state index in [1.54, 1.807) is 6.07 Å². The topological polar surface area (TPSA) is 68.0 Å². The van der Waals surface area contributed by atoms with E-state index in [1.807, 2.05) is 6.92 Å². The van der Waals surface area contributed by atoms with Crippen LogP contribution in [0.1, 0.15) is 25.5 Å². The first-order valence-corrected chi connectivity index (χ1v) is 8.28. The number of carbonyl (C=O) groups is 1. The van der Waals surface area contributed by atoms with Crippen LogP contribution in [-0.2, 0) is 11.0 Å². The fraction of sp³-hybridized carbons (Fsp3) is 0.400. The van der Waals surface area contributed by atoms with E-state index in [-0.39, 0.29) is 34.7 Å². The molecule has 0 spiro atoms. The van der Waals surface area contributed by atoms with Gasteiger partial charge >= 0.3 is 6.18 Å². The Morgan fingerprint density at radius 2 is 2.17 bits per heavy atom. The van der Waals surface area contributed by atoms with Crippen LogP contribution >= 0.6 is 11.8 Å². The lowest BCUT2D eigenvalue weighted by Crippen LogP contribution is -2.24. The zero-order chi connectivity index (χ0) is 17.6. The summed E-state index contributed by atoms with van der Waals surface area (Å²) in [4.78, 5) is 19.1. The molecule has 0 saturated carbocycles. The quantitative estimate of drug-likeness (QED) is 0.602. The number of hydrogen-bond donors (Lipinski definition) is 1. The minimum atomic E-state index is -4.59. The van der Waals surface area contributed by atoms with Crippen molar-refractivity contribution in [2.45, 2.75) is 31.1 Å². The fourth-order valence-electron chi connectivity index (χ4n) is 1.77. The monoisotopic (exact) mass is 359 g/mol. The minimum Gasteiger partial charge on any atom is -0.463 e. The summed E-state index contributed by atoms with van der Waals surface area (Å²) in [5.41, 5.74) is -0.984. The van der Waals surface area contributed by atoms with Crippen molar-refractivity contribution < 1.29 is 22.4 Å². The van der Waals surface area contributed by atoms with Crippen LogP contribution in [0, 0.1) is 0 Å². The summed E-state index contributed by atoms with van der Waals surface area (Å²) in [7, 11) is 0. The maximum atomic E-state index is 13.0. The molecule has 2 aromatic rings. The fourth-order valence-corrected chi connectivity index (χ4v) is 2.57. The molecule has 2 aromatic heterocycles. The number of furan rings is 1. The van der Waals surface area contributed by atoms with Gasteiger partial charge in [0.15, 0.2) is 10.9 Å². The van der Waals surface area contributed by atoms with E-state index in [1.165, 1.54) is 12.3 Å². The molecule has 0 saturated heterocycles. The average Bonchev–Trinajstić information content (AvgIpc) is 3.06. The van der Waals surface area contributed by atoms with Gasteiger partial charge in [-0.05, 0) is 24.6 Å². The van der Waals surface area contributed by atoms with E-state index in [4.69, 9.17) is 4.42 Å². The highest BCUT2D eigenvalue weighted by Crippen LogP contribution is 2.32. The van der Waals surface area contributed by atoms with Gasteiger partial charge < -0.3 is 9.73 Å². The number of nitrogens with zero attached hydrogens (tertiary/aromatic N) is 2. The summed E-state index contributed by atoms with van der Waals surface area (Å²) in [5.74, 6) is 0.363. The third kappa shape index (κ3) is 5.26. The molecule has 2 heterocycles. The smallest absolute Gasteiger partial charge is 0.433 e. The van der Waals surface area contributed by atoms with E-state index in [9.17, 15) is 18.0 Å². The number of hydrogen-bond acceptors (Lipinski definition) is 5. The number of halogens is 3. The van der Waals surface area contributed by atoms with Gasteiger partial charge in [-0.2, -0.15) is 13.2 Å². The van der Waals surface area contributed by atoms with Gasteiger partial charge in [0.25, 0.3) is 0 Å². The van der Waals surface area contributed by atoms with E-state index in [0.29, 0.717) is 6.54 Å². The van der Waals surface area contributed by atoms with E-state index >= 15 is 0 Å². The van der Waals surface area contributed by atoms with Crippen molar-refractivity contribution in [2.75, 3.05) is 12.3 Å². The lowest BCUT2D eigenvalue weighted by Gasteiger charge is -2.09. The van der Waals surface area contributed by atoms with Gasteiger partial charge in [0, 0.05) is 18.7 Å². The van der Waals surface area contributed by atoms with Crippen LogP contribution in [0.25, 0.3) is 11.5 Å². The summed E-state index contributed by atoms with van der Waals surface area (Å²) in [6.07, 6.45) is -2.23. The summed E-state index contributed by atoms with van der Waals surface area (Å²) in [6.45, 7) is 2.51. The number of rotatable bonds is 7. The molecule has 0 aliphatic heterocycles. The Kier molecular flexibility index (Phi) is 6.24. The average molecular weight is 359 g/mol. The normalized spacial score (nSPS) is 11.5. The lowest BCUT2D eigenvalue weighted by atomic mass is 10.2. The SMILES string of the molecule is CCCNC(=O)CCSc1nc(-c2ccco2)cc(C(F)(F)F)n1. The molecule has 9 heteroatoms. The first kappa shape index (κ1) is 18.3. The van der Waals surface area contributed by atoms with Crippen molar-refractivity contribution in [3.8, 4) is 11.5 Å². The van der Waals surface area contributed by atoms with Gasteiger partial charge in [-0.15, -0.1) is 0 Å². The lowest BCUT2D eigenvalue weighted by molar-refractivity contribution is -0.141. The Morgan fingerprint density at radius 3 is 2.79 bits per heavy atom. The second-order valence-corrected chi connectivity index (χ2v) is 5.91. The molecule has 130 valence electrons. The molecule has 0 aliphatic rings. The van der Waals surface area contributed by atoms with Gasteiger partial charge in [0.05, 0.1) is 6.26 Å². The Balaban J connectivity index is 2.11. The third-order valence-electron chi connectivity index (χ3n) is 2.90. The minimum absolute atomic E-state index is 0.0421. The molecule has 5 nitrogen and oxygen atoms in total. The summed E-state index contributed by atoms with van der Waals surface area (Å²) >= 11 is 0.999. The van der Waals surface area contributed by atoms with Crippen LogP contribution in [0.15, 0.2) is 34.0 Å². The molecule has 0 aliphatic carbocycles. The van der Waals surface area contributed by atoms with Gasteiger partial charge in [0.1, 0.15) is 11.4 Å². The molecule has 0 radical (unpaired) electrons. The number of alkyl halides is 3. The highest BCUT2D eigenvalue weighted by molar-refractivity contribution is 7.99. The van der Waals surface area contributed by atoms with Gasteiger partial charge in [-0.1, -0.05) is 18.7 Å². The summed E-state index contributed by atoms with van der Waals surface area (Å²) in [6, 6.07) is 3.93. The second kappa shape index (κ2) is 8.18. The van der Waals surface area contributed by atoms with Crippen LogP contribution in [0.4, 0.5) is 13.2 Å². The van der Waals surface area contributed by atoms with Crippen LogP contribution in [0.2, 0.25) is 0 Å². The molecular formula is C15H16F3N3O2S. The zero-order valence-corrected chi connectivity index (χ0v) is 13.7. The molecule has 2 rings (SSSR count). The second-order valence-electron chi connectivity index (χ2n) is 4.84. The van der Waals surface area contributed by atoms with Crippen LogP contribution in [0.3, 0.4) is 0 Å². The first-order chi connectivity index (χ1) is 11.4. The van der Waals surface area contributed by atoms with Gasteiger partial charge in [-0.25, -0.2) is 9.97 Å². The van der Waals surface area contributed by atoms with Crippen molar-refractivity contribution in [3.63, 3.8) is 0 Å². The van der Waals surface area contributed by atoms with Gasteiger partial charge in [-0.3, -0.25) is 4.79 Å². The molecule has 0 bridgehead atoms. The standard InChI is InChI=1S/C15H16F3N3O2S/c1-2-6-19-13(22)5-8-24-14-20-10(11-4-3-7-23-11)9-12(21-14)15(16,17)18/h3-4,7,9H,2,5-6,8H2,1H3,(H,19,22). The van der Waals surface area contributed by atoms with E-state index in [2.05, 4.69) is 15.3 Å². The number of thioether (sulfide) groups is 1. The highest BCUT2D eigenvalue weighted by Gasteiger charge is 2.34. The Labute approximate surface area is 141 Å².